The summed E-state index contributed by atoms with van der Waals surface area (Å²) in [6, 6.07) is 8.90. The highest BCUT2D eigenvalue weighted by Crippen LogP contribution is 2.21. The van der Waals surface area contributed by atoms with Crippen LogP contribution in [0.15, 0.2) is 24.3 Å². The molecule has 1 atom stereocenters. The van der Waals surface area contributed by atoms with Gasteiger partial charge < -0.3 is 11.1 Å². The highest BCUT2D eigenvalue weighted by Gasteiger charge is 2.17. The molecule has 0 bridgehead atoms. The van der Waals surface area contributed by atoms with E-state index in [1.807, 2.05) is 12.1 Å². The third-order valence-electron chi connectivity index (χ3n) is 3.80. The minimum atomic E-state index is 0.255. The van der Waals surface area contributed by atoms with E-state index in [4.69, 9.17) is 17.3 Å². The molecule has 1 aromatic carbocycles. The summed E-state index contributed by atoms with van der Waals surface area (Å²) >= 11 is 5.92. The maximum absolute atomic E-state index is 5.92. The van der Waals surface area contributed by atoms with Crippen molar-refractivity contribution >= 4 is 11.6 Å². The van der Waals surface area contributed by atoms with Gasteiger partial charge in [-0.05, 0) is 30.5 Å². The number of rotatable bonds is 4. The van der Waals surface area contributed by atoms with E-state index >= 15 is 0 Å². The smallest absolute Gasteiger partial charge is 0.0446 e. The Morgan fingerprint density at radius 3 is 2.28 bits per heavy atom. The Kier molecular flexibility index (Phi) is 5.48. The summed E-state index contributed by atoms with van der Waals surface area (Å²) in [6.45, 7) is 0.637. The average molecular weight is 267 g/mol. The number of nitrogens with two attached hydrogens (primary N) is 1. The molecule has 3 heteroatoms. The highest BCUT2D eigenvalue weighted by atomic mass is 35.5. The van der Waals surface area contributed by atoms with E-state index in [0.717, 1.165) is 5.02 Å². The predicted octanol–water partition coefficient (Wildman–Crippen LogP) is 3.65. The van der Waals surface area contributed by atoms with Crippen LogP contribution in [0.3, 0.4) is 0 Å². The molecule has 0 radical (unpaired) electrons. The van der Waals surface area contributed by atoms with Crippen LogP contribution in [0, 0.1) is 0 Å². The SMILES string of the molecule is NCC(NC1CCCCCC1)c1ccc(Cl)cc1. The van der Waals surface area contributed by atoms with Gasteiger partial charge in [0.2, 0.25) is 0 Å². The number of hydrogen-bond donors (Lipinski definition) is 2. The topological polar surface area (TPSA) is 38.0 Å². The Morgan fingerprint density at radius 1 is 1.11 bits per heavy atom. The molecule has 0 spiro atoms. The van der Waals surface area contributed by atoms with Gasteiger partial charge in [-0.25, -0.2) is 0 Å². The second-order valence-electron chi connectivity index (χ2n) is 5.19. The molecule has 2 nitrogen and oxygen atoms in total. The minimum absolute atomic E-state index is 0.255. The van der Waals surface area contributed by atoms with Gasteiger partial charge in [0.05, 0.1) is 0 Å². The lowest BCUT2D eigenvalue weighted by molar-refractivity contribution is 0.402. The van der Waals surface area contributed by atoms with Crippen LogP contribution in [0.2, 0.25) is 5.02 Å². The first-order valence-corrected chi connectivity index (χ1v) is 7.39. The molecule has 100 valence electrons. The van der Waals surface area contributed by atoms with Crippen LogP contribution in [0.1, 0.15) is 50.1 Å². The molecule has 1 aromatic rings. The zero-order chi connectivity index (χ0) is 12.8. The van der Waals surface area contributed by atoms with Crippen molar-refractivity contribution in [2.24, 2.45) is 5.73 Å². The van der Waals surface area contributed by atoms with E-state index in [1.165, 1.54) is 44.1 Å². The largest absolute Gasteiger partial charge is 0.329 e. The summed E-state index contributed by atoms with van der Waals surface area (Å²) in [5, 5.41) is 4.49. The molecule has 1 aliphatic rings. The molecule has 2 rings (SSSR count). The molecule has 0 saturated heterocycles. The van der Waals surface area contributed by atoms with Crippen LogP contribution in [-0.4, -0.2) is 12.6 Å². The molecule has 1 saturated carbocycles. The van der Waals surface area contributed by atoms with E-state index in [-0.39, 0.29) is 6.04 Å². The van der Waals surface area contributed by atoms with E-state index in [9.17, 15) is 0 Å². The Hall–Kier alpha value is -0.570. The summed E-state index contributed by atoms with van der Waals surface area (Å²) in [5.41, 5.74) is 7.15. The van der Waals surface area contributed by atoms with Gasteiger partial charge in [0.1, 0.15) is 0 Å². The number of hydrogen-bond acceptors (Lipinski definition) is 2. The van der Waals surface area contributed by atoms with Gasteiger partial charge in [-0.3, -0.25) is 0 Å². The van der Waals surface area contributed by atoms with Gasteiger partial charge in [-0.2, -0.15) is 0 Å². The second kappa shape index (κ2) is 7.13. The van der Waals surface area contributed by atoms with E-state index in [1.54, 1.807) is 0 Å². The third kappa shape index (κ3) is 3.98. The first-order chi connectivity index (χ1) is 8.79. The monoisotopic (exact) mass is 266 g/mol. The zero-order valence-electron chi connectivity index (χ0n) is 10.9. The average Bonchev–Trinajstić information content (AvgIpc) is 2.66. The fourth-order valence-electron chi connectivity index (χ4n) is 2.73. The van der Waals surface area contributed by atoms with Crippen LogP contribution < -0.4 is 11.1 Å². The Labute approximate surface area is 115 Å². The minimum Gasteiger partial charge on any atom is -0.329 e. The molecular weight excluding hydrogens is 244 g/mol. The lowest BCUT2D eigenvalue weighted by Gasteiger charge is -2.24. The second-order valence-corrected chi connectivity index (χ2v) is 5.63. The van der Waals surface area contributed by atoms with Crippen molar-refractivity contribution in [3.63, 3.8) is 0 Å². The van der Waals surface area contributed by atoms with Gasteiger partial charge in [-0.1, -0.05) is 49.4 Å². The molecule has 1 unspecified atom stereocenters. The fourth-order valence-corrected chi connectivity index (χ4v) is 2.85. The summed E-state index contributed by atoms with van der Waals surface area (Å²) < 4.78 is 0. The summed E-state index contributed by atoms with van der Waals surface area (Å²) in [7, 11) is 0. The zero-order valence-corrected chi connectivity index (χ0v) is 11.6. The lowest BCUT2D eigenvalue weighted by atomic mass is 10.0. The standard InChI is InChI=1S/C15H23ClN2/c16-13-9-7-12(8-10-13)15(11-17)18-14-5-3-1-2-4-6-14/h7-10,14-15,18H,1-6,11,17H2. The molecule has 0 heterocycles. The molecule has 0 aliphatic heterocycles. The molecule has 0 amide bonds. The molecular formula is C15H23ClN2. The predicted molar refractivity (Wildman–Crippen MR) is 77.9 cm³/mol. The summed E-state index contributed by atoms with van der Waals surface area (Å²) in [6.07, 6.45) is 8.01. The maximum Gasteiger partial charge on any atom is 0.0446 e. The molecule has 1 fully saturated rings. The number of benzene rings is 1. The van der Waals surface area contributed by atoms with Gasteiger partial charge in [0, 0.05) is 23.7 Å². The molecule has 1 aliphatic carbocycles. The number of nitrogens with one attached hydrogen (secondary N) is 1. The normalized spacial score (nSPS) is 19.4. The highest BCUT2D eigenvalue weighted by molar-refractivity contribution is 6.30. The lowest BCUT2D eigenvalue weighted by Crippen LogP contribution is -2.36. The molecule has 18 heavy (non-hydrogen) atoms. The van der Waals surface area contributed by atoms with E-state index < -0.39 is 0 Å². The van der Waals surface area contributed by atoms with Crippen LogP contribution in [0.4, 0.5) is 0 Å². The van der Waals surface area contributed by atoms with Crippen LogP contribution in [0.5, 0.6) is 0 Å². The maximum atomic E-state index is 5.92. The van der Waals surface area contributed by atoms with Gasteiger partial charge in [0.15, 0.2) is 0 Å². The van der Waals surface area contributed by atoms with Crippen LogP contribution in [-0.2, 0) is 0 Å². The van der Waals surface area contributed by atoms with Gasteiger partial charge >= 0.3 is 0 Å². The van der Waals surface area contributed by atoms with E-state index in [0.29, 0.717) is 12.6 Å². The number of halogens is 1. The van der Waals surface area contributed by atoms with Gasteiger partial charge in [0.25, 0.3) is 0 Å². The summed E-state index contributed by atoms with van der Waals surface area (Å²) in [4.78, 5) is 0. The van der Waals surface area contributed by atoms with Crippen LogP contribution in [0.25, 0.3) is 0 Å². The Balaban J connectivity index is 1.97. The quantitative estimate of drug-likeness (QED) is 0.817. The van der Waals surface area contributed by atoms with Crippen molar-refractivity contribution in [3.8, 4) is 0 Å². The summed E-state index contributed by atoms with van der Waals surface area (Å²) in [5.74, 6) is 0. The van der Waals surface area contributed by atoms with E-state index in [2.05, 4.69) is 17.4 Å². The molecule has 0 aromatic heterocycles. The first-order valence-electron chi connectivity index (χ1n) is 7.01. The Bertz CT molecular complexity index is 342. The third-order valence-corrected chi connectivity index (χ3v) is 4.05. The van der Waals surface area contributed by atoms with Crippen molar-refractivity contribution < 1.29 is 0 Å². The van der Waals surface area contributed by atoms with Gasteiger partial charge in [-0.15, -0.1) is 0 Å². The first kappa shape index (κ1) is 13.9. The van der Waals surface area contributed by atoms with Crippen LogP contribution >= 0.6 is 11.6 Å². The Morgan fingerprint density at radius 2 is 1.72 bits per heavy atom. The van der Waals surface area contributed by atoms with Crippen molar-refractivity contribution in [1.82, 2.24) is 5.32 Å². The fraction of sp³-hybridized carbons (Fsp3) is 0.600. The van der Waals surface area contributed by atoms with Crippen molar-refractivity contribution in [2.75, 3.05) is 6.54 Å². The van der Waals surface area contributed by atoms with Crippen molar-refractivity contribution in [2.45, 2.75) is 50.6 Å². The van der Waals surface area contributed by atoms with Crippen molar-refractivity contribution in [1.29, 1.82) is 0 Å². The van der Waals surface area contributed by atoms with Crippen molar-refractivity contribution in [3.05, 3.63) is 34.9 Å². The molecule has 3 N–H and O–H groups in total.